The van der Waals surface area contributed by atoms with Crippen molar-refractivity contribution in [3.63, 3.8) is 0 Å². The van der Waals surface area contributed by atoms with Gasteiger partial charge in [0.15, 0.2) is 0 Å². The van der Waals surface area contributed by atoms with Crippen molar-refractivity contribution >= 4 is 58.4 Å². The van der Waals surface area contributed by atoms with E-state index in [2.05, 4.69) is 5.32 Å². The number of halogens is 4. The van der Waals surface area contributed by atoms with Crippen LogP contribution in [0.3, 0.4) is 0 Å². The van der Waals surface area contributed by atoms with Crippen LogP contribution in [0.1, 0.15) is 18.1 Å². The fourth-order valence-corrected chi connectivity index (χ4v) is 4.40. The molecule has 2 aromatic carbocycles. The molecule has 0 bridgehead atoms. The minimum atomic E-state index is -0.738. The number of thioether (sulfide) groups is 1. The van der Waals surface area contributed by atoms with Gasteiger partial charge in [-0.3, -0.25) is 9.59 Å². The fourth-order valence-electron chi connectivity index (χ4n) is 2.64. The summed E-state index contributed by atoms with van der Waals surface area (Å²) in [6.07, 6.45) is 0. The van der Waals surface area contributed by atoms with E-state index in [-0.39, 0.29) is 29.9 Å². The number of rotatable bonds is 8. The SMILES string of the molecule is CNC(=O)[C@@H](C)N(Cc1c(Cl)cccc1Cl)C(=O)CSCc1c(F)cccc1Cl. The molecule has 4 nitrogen and oxygen atoms in total. The van der Waals surface area contributed by atoms with Crippen LogP contribution in [0.25, 0.3) is 0 Å². The zero-order valence-corrected chi connectivity index (χ0v) is 18.9. The number of carbonyl (C=O) groups is 2. The van der Waals surface area contributed by atoms with E-state index in [4.69, 9.17) is 34.8 Å². The highest BCUT2D eigenvalue weighted by atomic mass is 35.5. The zero-order chi connectivity index (χ0) is 21.6. The number of carbonyl (C=O) groups excluding carboxylic acids is 2. The molecule has 0 fully saturated rings. The van der Waals surface area contributed by atoms with Gasteiger partial charge in [0.25, 0.3) is 0 Å². The summed E-state index contributed by atoms with van der Waals surface area (Å²) in [7, 11) is 1.50. The van der Waals surface area contributed by atoms with Gasteiger partial charge in [-0.1, -0.05) is 46.9 Å². The first-order valence-electron chi connectivity index (χ1n) is 8.70. The average molecular weight is 478 g/mol. The van der Waals surface area contributed by atoms with Crippen molar-refractivity contribution in [3.8, 4) is 0 Å². The molecule has 0 heterocycles. The maximum Gasteiger partial charge on any atom is 0.242 e. The van der Waals surface area contributed by atoms with Gasteiger partial charge in [0.05, 0.1) is 5.75 Å². The summed E-state index contributed by atoms with van der Waals surface area (Å²) in [5.41, 5.74) is 0.897. The van der Waals surface area contributed by atoms with Gasteiger partial charge in [0.2, 0.25) is 11.8 Å². The van der Waals surface area contributed by atoms with Crippen LogP contribution in [-0.4, -0.2) is 35.6 Å². The Morgan fingerprint density at radius 1 is 1.07 bits per heavy atom. The molecule has 0 aliphatic heterocycles. The Morgan fingerprint density at radius 2 is 1.62 bits per heavy atom. The van der Waals surface area contributed by atoms with Crippen molar-refractivity contribution in [3.05, 3.63) is 68.4 Å². The van der Waals surface area contributed by atoms with E-state index in [1.165, 1.54) is 35.8 Å². The lowest BCUT2D eigenvalue weighted by atomic mass is 10.1. The molecule has 29 heavy (non-hydrogen) atoms. The number of benzene rings is 2. The van der Waals surface area contributed by atoms with Gasteiger partial charge in [-0.2, -0.15) is 0 Å². The van der Waals surface area contributed by atoms with Gasteiger partial charge in [0, 0.05) is 45.5 Å². The quantitative estimate of drug-likeness (QED) is 0.570. The molecular formula is C20H20Cl3FN2O2S. The van der Waals surface area contributed by atoms with E-state index < -0.39 is 11.9 Å². The van der Waals surface area contributed by atoms with Crippen molar-refractivity contribution in [2.75, 3.05) is 12.8 Å². The molecule has 2 amide bonds. The van der Waals surface area contributed by atoms with Crippen LogP contribution < -0.4 is 5.32 Å². The summed E-state index contributed by atoms with van der Waals surface area (Å²) in [6.45, 7) is 1.70. The largest absolute Gasteiger partial charge is 0.357 e. The fraction of sp³-hybridized carbons (Fsp3) is 0.300. The molecule has 0 aliphatic rings. The Labute approximate surface area is 188 Å². The van der Waals surface area contributed by atoms with E-state index >= 15 is 0 Å². The second kappa shape index (κ2) is 11.1. The van der Waals surface area contributed by atoms with Crippen molar-refractivity contribution in [1.82, 2.24) is 10.2 Å². The first kappa shape index (κ1) is 23.8. The van der Waals surface area contributed by atoms with Crippen LogP contribution in [-0.2, 0) is 21.9 Å². The van der Waals surface area contributed by atoms with Gasteiger partial charge in [-0.25, -0.2) is 4.39 Å². The second-order valence-corrected chi connectivity index (χ2v) is 8.41. The highest BCUT2D eigenvalue weighted by Crippen LogP contribution is 2.28. The Hall–Kier alpha value is -1.47. The summed E-state index contributed by atoms with van der Waals surface area (Å²) in [5, 5.41) is 3.66. The predicted octanol–water partition coefficient (Wildman–Crippen LogP) is 5.18. The summed E-state index contributed by atoms with van der Waals surface area (Å²) in [4.78, 5) is 26.5. The monoisotopic (exact) mass is 476 g/mol. The number of likely N-dealkylation sites (N-methyl/N-ethyl adjacent to an activating group) is 1. The van der Waals surface area contributed by atoms with Crippen LogP contribution in [0.2, 0.25) is 15.1 Å². The molecule has 0 unspecified atom stereocenters. The van der Waals surface area contributed by atoms with E-state index in [0.29, 0.717) is 26.2 Å². The third-order valence-electron chi connectivity index (χ3n) is 4.34. The lowest BCUT2D eigenvalue weighted by molar-refractivity contribution is -0.138. The minimum Gasteiger partial charge on any atom is -0.357 e. The van der Waals surface area contributed by atoms with E-state index in [1.54, 1.807) is 31.2 Å². The second-order valence-electron chi connectivity index (χ2n) is 6.21. The van der Waals surface area contributed by atoms with Crippen LogP contribution >= 0.6 is 46.6 Å². The molecule has 0 spiro atoms. The first-order valence-corrected chi connectivity index (χ1v) is 11.0. The van der Waals surface area contributed by atoms with Crippen molar-refractivity contribution < 1.29 is 14.0 Å². The molecule has 0 saturated heterocycles. The lowest BCUT2D eigenvalue weighted by Crippen LogP contribution is -2.47. The molecule has 0 aromatic heterocycles. The summed E-state index contributed by atoms with van der Waals surface area (Å²) in [5.74, 6) is -0.769. The van der Waals surface area contributed by atoms with Gasteiger partial charge in [-0.05, 0) is 31.2 Å². The van der Waals surface area contributed by atoms with E-state index in [0.717, 1.165) is 0 Å². The maximum absolute atomic E-state index is 13.9. The molecule has 156 valence electrons. The predicted molar refractivity (Wildman–Crippen MR) is 118 cm³/mol. The van der Waals surface area contributed by atoms with Crippen LogP contribution in [0.15, 0.2) is 36.4 Å². The molecule has 0 saturated carbocycles. The average Bonchev–Trinajstić information content (AvgIpc) is 2.68. The van der Waals surface area contributed by atoms with Crippen molar-refractivity contribution in [1.29, 1.82) is 0 Å². The highest BCUT2D eigenvalue weighted by molar-refractivity contribution is 7.99. The van der Waals surface area contributed by atoms with Crippen molar-refractivity contribution in [2.45, 2.75) is 25.3 Å². The normalized spacial score (nSPS) is 11.8. The topological polar surface area (TPSA) is 49.4 Å². The lowest BCUT2D eigenvalue weighted by Gasteiger charge is -2.29. The van der Waals surface area contributed by atoms with E-state index in [9.17, 15) is 14.0 Å². The Morgan fingerprint density at radius 3 is 2.17 bits per heavy atom. The van der Waals surface area contributed by atoms with Gasteiger partial charge >= 0.3 is 0 Å². The van der Waals surface area contributed by atoms with Gasteiger partial charge in [0.1, 0.15) is 11.9 Å². The number of nitrogens with zero attached hydrogens (tertiary/aromatic N) is 1. The Bertz CT molecular complexity index is 858. The van der Waals surface area contributed by atoms with Gasteiger partial charge in [-0.15, -0.1) is 11.8 Å². The standard InChI is InChI=1S/C20H20Cl3FN2O2S/c1-12(20(28)25-2)26(9-13-15(21)5-3-6-16(13)22)19(27)11-29-10-14-17(23)7-4-8-18(14)24/h3-8,12H,9-11H2,1-2H3,(H,25,28)/t12-/m1/s1. The molecule has 0 aliphatic carbocycles. The van der Waals surface area contributed by atoms with E-state index in [1.807, 2.05) is 0 Å². The highest BCUT2D eigenvalue weighted by Gasteiger charge is 2.26. The third-order valence-corrected chi connectivity index (χ3v) is 6.34. The molecule has 1 N–H and O–H groups in total. The molecule has 2 aromatic rings. The molecule has 0 radical (unpaired) electrons. The number of amides is 2. The van der Waals surface area contributed by atoms with Crippen LogP contribution in [0, 0.1) is 5.82 Å². The first-order chi connectivity index (χ1) is 13.8. The zero-order valence-electron chi connectivity index (χ0n) is 15.8. The number of hydrogen-bond acceptors (Lipinski definition) is 3. The molecule has 2 rings (SSSR count). The number of nitrogens with one attached hydrogen (secondary N) is 1. The molecule has 9 heteroatoms. The summed E-state index contributed by atoms with van der Waals surface area (Å²) >= 11 is 19.7. The summed E-state index contributed by atoms with van der Waals surface area (Å²) in [6, 6.07) is 8.76. The number of hydrogen-bond donors (Lipinski definition) is 1. The Balaban J connectivity index is 2.15. The smallest absolute Gasteiger partial charge is 0.242 e. The third kappa shape index (κ3) is 6.25. The Kier molecular flexibility index (Phi) is 9.08. The maximum atomic E-state index is 13.9. The van der Waals surface area contributed by atoms with Gasteiger partial charge < -0.3 is 10.2 Å². The van der Waals surface area contributed by atoms with Crippen LogP contribution in [0.5, 0.6) is 0 Å². The molecule has 1 atom stereocenters. The van der Waals surface area contributed by atoms with Crippen molar-refractivity contribution in [2.24, 2.45) is 0 Å². The summed E-state index contributed by atoms with van der Waals surface area (Å²) < 4.78 is 13.9. The molecular weight excluding hydrogens is 458 g/mol. The van der Waals surface area contributed by atoms with Crippen LogP contribution in [0.4, 0.5) is 4.39 Å². The minimum absolute atomic E-state index is 0.0358.